The second-order valence-electron chi connectivity index (χ2n) is 5.82. The van der Waals surface area contributed by atoms with Gasteiger partial charge in [-0.15, -0.1) is 0 Å². The van der Waals surface area contributed by atoms with Gasteiger partial charge in [0.15, 0.2) is 0 Å². The molecule has 22 heavy (non-hydrogen) atoms. The molecule has 0 fully saturated rings. The molecule has 0 unspecified atom stereocenters. The lowest BCUT2D eigenvalue weighted by molar-refractivity contribution is -0.126. The maximum atomic E-state index is 12.4. The number of fused-ring (bicyclic) bond motifs is 1. The highest BCUT2D eigenvalue weighted by atomic mass is 16.2. The SMILES string of the molecule is Cc1nn(C)c(C)c1/C=C/C(=O)N1CCc2ccccc2C1. The van der Waals surface area contributed by atoms with E-state index in [0.717, 1.165) is 29.9 Å². The molecule has 0 saturated heterocycles. The normalized spacial score (nSPS) is 14.4. The van der Waals surface area contributed by atoms with Crippen molar-refractivity contribution in [2.75, 3.05) is 6.54 Å². The maximum Gasteiger partial charge on any atom is 0.246 e. The molecule has 0 bridgehead atoms. The first-order valence-corrected chi connectivity index (χ1v) is 7.60. The number of hydrogen-bond donors (Lipinski definition) is 0. The Bertz CT molecular complexity index is 743. The minimum Gasteiger partial charge on any atom is -0.334 e. The van der Waals surface area contributed by atoms with Crippen LogP contribution in [0.25, 0.3) is 6.08 Å². The number of hydrogen-bond acceptors (Lipinski definition) is 2. The smallest absolute Gasteiger partial charge is 0.246 e. The zero-order chi connectivity index (χ0) is 15.7. The summed E-state index contributed by atoms with van der Waals surface area (Å²) in [5.41, 5.74) is 5.67. The molecule has 0 aliphatic carbocycles. The van der Waals surface area contributed by atoms with Gasteiger partial charge in [-0.2, -0.15) is 5.10 Å². The number of aryl methyl sites for hydroxylation is 2. The Hall–Kier alpha value is -2.36. The lowest BCUT2D eigenvalue weighted by Gasteiger charge is -2.27. The van der Waals surface area contributed by atoms with Crippen LogP contribution in [0.4, 0.5) is 0 Å². The molecule has 3 rings (SSSR count). The van der Waals surface area contributed by atoms with Gasteiger partial charge in [-0.1, -0.05) is 24.3 Å². The highest BCUT2D eigenvalue weighted by molar-refractivity contribution is 5.92. The van der Waals surface area contributed by atoms with E-state index < -0.39 is 0 Å². The van der Waals surface area contributed by atoms with Gasteiger partial charge in [0.05, 0.1) is 5.69 Å². The molecule has 4 heteroatoms. The molecule has 1 aliphatic heterocycles. The average Bonchev–Trinajstić information content (AvgIpc) is 2.77. The molecule has 114 valence electrons. The molecule has 0 spiro atoms. The highest BCUT2D eigenvalue weighted by Crippen LogP contribution is 2.19. The molecule has 0 saturated carbocycles. The zero-order valence-corrected chi connectivity index (χ0v) is 13.3. The van der Waals surface area contributed by atoms with E-state index in [1.807, 2.05) is 42.6 Å². The predicted octanol–water partition coefficient (Wildman–Crippen LogP) is 2.64. The minimum absolute atomic E-state index is 0.0668. The Morgan fingerprint density at radius 3 is 2.64 bits per heavy atom. The number of nitrogens with zero attached hydrogens (tertiary/aromatic N) is 3. The first kappa shape index (κ1) is 14.6. The largest absolute Gasteiger partial charge is 0.334 e. The monoisotopic (exact) mass is 295 g/mol. The van der Waals surface area contributed by atoms with Crippen molar-refractivity contribution in [2.24, 2.45) is 7.05 Å². The molecule has 0 atom stereocenters. The average molecular weight is 295 g/mol. The van der Waals surface area contributed by atoms with Crippen molar-refractivity contribution in [1.29, 1.82) is 0 Å². The molecule has 0 N–H and O–H groups in total. The van der Waals surface area contributed by atoms with Crippen molar-refractivity contribution in [2.45, 2.75) is 26.8 Å². The first-order chi connectivity index (χ1) is 10.6. The topological polar surface area (TPSA) is 38.1 Å². The summed E-state index contributed by atoms with van der Waals surface area (Å²) in [6, 6.07) is 8.35. The van der Waals surface area contributed by atoms with Gasteiger partial charge in [0.25, 0.3) is 0 Å². The quantitative estimate of drug-likeness (QED) is 0.799. The Labute approximate surface area is 131 Å². The fraction of sp³-hybridized carbons (Fsp3) is 0.333. The number of carbonyl (C=O) groups is 1. The van der Waals surface area contributed by atoms with Crippen LogP contribution in [0.15, 0.2) is 30.3 Å². The van der Waals surface area contributed by atoms with Crippen molar-refractivity contribution >= 4 is 12.0 Å². The number of aromatic nitrogens is 2. The van der Waals surface area contributed by atoms with E-state index in [-0.39, 0.29) is 5.91 Å². The third-order valence-electron chi connectivity index (χ3n) is 4.40. The maximum absolute atomic E-state index is 12.4. The van der Waals surface area contributed by atoms with Gasteiger partial charge in [0, 0.05) is 37.5 Å². The van der Waals surface area contributed by atoms with Crippen LogP contribution >= 0.6 is 0 Å². The summed E-state index contributed by atoms with van der Waals surface area (Å²) in [5, 5.41) is 4.37. The Kier molecular flexibility index (Phi) is 3.84. The molecule has 2 aromatic rings. The zero-order valence-electron chi connectivity index (χ0n) is 13.3. The van der Waals surface area contributed by atoms with Gasteiger partial charge in [0.1, 0.15) is 0 Å². The van der Waals surface area contributed by atoms with Crippen LogP contribution in [0, 0.1) is 13.8 Å². The lowest BCUT2D eigenvalue weighted by atomic mass is 10.00. The molecule has 1 aromatic heterocycles. The number of amides is 1. The van der Waals surface area contributed by atoms with Gasteiger partial charge in [-0.25, -0.2) is 0 Å². The minimum atomic E-state index is 0.0668. The second-order valence-corrected chi connectivity index (χ2v) is 5.82. The van der Waals surface area contributed by atoms with Gasteiger partial charge in [-0.3, -0.25) is 9.48 Å². The van der Waals surface area contributed by atoms with Crippen molar-refractivity contribution in [3.8, 4) is 0 Å². The van der Waals surface area contributed by atoms with E-state index in [1.165, 1.54) is 11.1 Å². The third-order valence-corrected chi connectivity index (χ3v) is 4.40. The first-order valence-electron chi connectivity index (χ1n) is 7.60. The van der Waals surface area contributed by atoms with E-state index >= 15 is 0 Å². The Balaban J connectivity index is 1.74. The van der Waals surface area contributed by atoms with E-state index in [0.29, 0.717) is 6.54 Å². The van der Waals surface area contributed by atoms with Gasteiger partial charge >= 0.3 is 0 Å². The summed E-state index contributed by atoms with van der Waals surface area (Å²) < 4.78 is 1.84. The Morgan fingerprint density at radius 2 is 1.95 bits per heavy atom. The van der Waals surface area contributed by atoms with Crippen LogP contribution in [0.3, 0.4) is 0 Å². The molecule has 1 aliphatic rings. The van der Waals surface area contributed by atoms with Gasteiger partial charge in [-0.05, 0) is 37.5 Å². The second kappa shape index (κ2) is 5.79. The van der Waals surface area contributed by atoms with Crippen molar-refractivity contribution < 1.29 is 4.79 Å². The standard InChI is InChI=1S/C18H21N3O/c1-13-17(14(2)20(3)19-13)8-9-18(22)21-11-10-15-6-4-5-7-16(15)12-21/h4-9H,10-12H2,1-3H3/b9-8+. The summed E-state index contributed by atoms with van der Waals surface area (Å²) in [6.45, 7) is 5.46. The number of carbonyl (C=O) groups excluding carboxylic acids is 1. The molecule has 0 radical (unpaired) electrons. The van der Waals surface area contributed by atoms with Crippen LogP contribution in [-0.2, 0) is 24.8 Å². The van der Waals surface area contributed by atoms with Crippen molar-refractivity contribution in [3.63, 3.8) is 0 Å². The van der Waals surface area contributed by atoms with Crippen LogP contribution in [0.5, 0.6) is 0 Å². The molecule has 4 nitrogen and oxygen atoms in total. The molecule has 1 aromatic carbocycles. The van der Waals surface area contributed by atoms with Crippen molar-refractivity contribution in [3.05, 3.63) is 58.4 Å². The summed E-state index contributed by atoms with van der Waals surface area (Å²) in [7, 11) is 1.92. The van der Waals surface area contributed by atoms with E-state index in [2.05, 4.69) is 23.3 Å². The van der Waals surface area contributed by atoms with Crippen LogP contribution < -0.4 is 0 Å². The summed E-state index contributed by atoms with van der Waals surface area (Å²) >= 11 is 0. The van der Waals surface area contributed by atoms with Crippen LogP contribution in [0.1, 0.15) is 28.1 Å². The Morgan fingerprint density at radius 1 is 1.23 bits per heavy atom. The summed E-state index contributed by atoms with van der Waals surface area (Å²) in [5.74, 6) is 0.0668. The highest BCUT2D eigenvalue weighted by Gasteiger charge is 2.18. The van der Waals surface area contributed by atoms with Crippen molar-refractivity contribution in [1.82, 2.24) is 14.7 Å². The molecule has 1 amide bonds. The number of benzene rings is 1. The van der Waals surface area contributed by atoms with E-state index in [1.54, 1.807) is 6.08 Å². The number of rotatable bonds is 2. The predicted molar refractivity (Wildman–Crippen MR) is 87.3 cm³/mol. The summed E-state index contributed by atoms with van der Waals surface area (Å²) in [4.78, 5) is 14.3. The van der Waals surface area contributed by atoms with Gasteiger partial charge in [0.2, 0.25) is 5.91 Å². The van der Waals surface area contributed by atoms with E-state index in [9.17, 15) is 4.79 Å². The fourth-order valence-corrected chi connectivity index (χ4v) is 2.98. The van der Waals surface area contributed by atoms with E-state index in [4.69, 9.17) is 0 Å². The fourth-order valence-electron chi connectivity index (χ4n) is 2.98. The molecule has 2 heterocycles. The van der Waals surface area contributed by atoms with Gasteiger partial charge < -0.3 is 4.90 Å². The molecular formula is C18H21N3O. The summed E-state index contributed by atoms with van der Waals surface area (Å²) in [6.07, 6.45) is 4.49. The third kappa shape index (κ3) is 2.69. The van der Waals surface area contributed by atoms with Crippen LogP contribution in [0.2, 0.25) is 0 Å². The lowest BCUT2D eigenvalue weighted by Crippen LogP contribution is -2.34. The van der Waals surface area contributed by atoms with Crippen LogP contribution in [-0.4, -0.2) is 27.1 Å². The molecular weight excluding hydrogens is 274 g/mol.